The molecule has 0 bridgehead atoms. The second kappa shape index (κ2) is 8.71. The third-order valence-corrected chi connectivity index (χ3v) is 6.08. The lowest BCUT2D eigenvalue weighted by atomic mass is 9.88. The van der Waals surface area contributed by atoms with Gasteiger partial charge in [0.25, 0.3) is 0 Å². The van der Waals surface area contributed by atoms with Crippen LogP contribution in [0.3, 0.4) is 0 Å². The highest BCUT2D eigenvalue weighted by Gasteiger charge is 2.28. The van der Waals surface area contributed by atoms with Gasteiger partial charge in [-0.15, -0.1) is 0 Å². The number of benzene rings is 2. The molecule has 2 aromatic rings. The smallest absolute Gasteiger partial charge is 0.338 e. The zero-order valence-corrected chi connectivity index (χ0v) is 18.4. The van der Waals surface area contributed by atoms with Gasteiger partial charge >= 0.3 is 12.0 Å². The molecule has 0 aliphatic carbocycles. The van der Waals surface area contributed by atoms with Crippen LogP contribution in [0.25, 0.3) is 0 Å². The normalized spacial score (nSPS) is 13.4. The highest BCUT2D eigenvalue weighted by molar-refractivity contribution is 6.02. The number of ketones is 1. The summed E-state index contributed by atoms with van der Waals surface area (Å²) in [5, 5.41) is 2.46. The Morgan fingerprint density at radius 3 is 1.97 bits per heavy atom. The summed E-state index contributed by atoms with van der Waals surface area (Å²) in [7, 11) is 0. The van der Waals surface area contributed by atoms with Crippen molar-refractivity contribution < 1.29 is 23.9 Å². The van der Waals surface area contributed by atoms with E-state index < -0.39 is 12.0 Å². The Bertz CT molecular complexity index is 1040. The predicted octanol–water partition coefficient (Wildman–Crippen LogP) is 3.32. The average Bonchev–Trinajstić information content (AvgIpc) is 3.07. The lowest BCUT2D eigenvalue weighted by molar-refractivity contribution is -0.125. The molecule has 1 aliphatic rings. The largest absolute Gasteiger partial charge is 0.454 e. The van der Waals surface area contributed by atoms with Gasteiger partial charge in [-0.2, -0.15) is 0 Å². The first kappa shape index (κ1) is 22.2. The number of urea groups is 1. The lowest BCUT2D eigenvalue weighted by Gasteiger charge is -2.17. The van der Waals surface area contributed by atoms with Crippen LogP contribution < -0.4 is 5.32 Å². The van der Waals surface area contributed by atoms with E-state index >= 15 is 0 Å². The van der Waals surface area contributed by atoms with E-state index in [0.29, 0.717) is 16.7 Å². The van der Waals surface area contributed by atoms with E-state index in [0.717, 1.165) is 32.7 Å². The van der Waals surface area contributed by atoms with Crippen molar-refractivity contribution in [3.8, 4) is 0 Å². The molecule has 1 N–H and O–H groups in total. The number of nitrogens with zero attached hydrogens (tertiary/aromatic N) is 1. The summed E-state index contributed by atoms with van der Waals surface area (Å²) in [4.78, 5) is 49.6. The standard InChI is InChI=1S/C24H26N2O5/c1-13-14(2)16(4)22(17(5)15(13)3)20(27)12-31-23(29)19-8-6-18(7-9-19)11-26-21(28)10-25-24(26)30/h6-9H,10-12H2,1-5H3,(H,25,30). The molecule has 1 aliphatic heterocycles. The topological polar surface area (TPSA) is 92.8 Å². The molecule has 0 aromatic heterocycles. The summed E-state index contributed by atoms with van der Waals surface area (Å²) < 4.78 is 5.25. The Labute approximate surface area is 181 Å². The zero-order chi connectivity index (χ0) is 22.9. The highest BCUT2D eigenvalue weighted by Crippen LogP contribution is 2.26. The van der Waals surface area contributed by atoms with Crippen LogP contribution in [-0.2, 0) is 16.1 Å². The molecule has 0 saturated carbocycles. The number of Topliss-reactive ketones (excluding diaryl/α,β-unsaturated/α-hetero) is 1. The SMILES string of the molecule is Cc1c(C)c(C)c(C(=O)COC(=O)c2ccc(CN3C(=O)CNC3=O)cc2)c(C)c1C. The first-order valence-corrected chi connectivity index (χ1v) is 10.1. The molecular weight excluding hydrogens is 396 g/mol. The molecule has 3 amide bonds. The first-order chi connectivity index (χ1) is 14.6. The van der Waals surface area contributed by atoms with Crippen molar-refractivity contribution in [1.82, 2.24) is 10.2 Å². The molecule has 1 fully saturated rings. The minimum absolute atomic E-state index is 0.00372. The van der Waals surface area contributed by atoms with Crippen molar-refractivity contribution >= 4 is 23.7 Å². The predicted molar refractivity (Wildman–Crippen MR) is 115 cm³/mol. The van der Waals surface area contributed by atoms with Crippen molar-refractivity contribution in [1.29, 1.82) is 0 Å². The fourth-order valence-electron chi connectivity index (χ4n) is 3.75. The fourth-order valence-corrected chi connectivity index (χ4v) is 3.75. The third kappa shape index (κ3) is 4.35. The molecule has 0 atom stereocenters. The second-order valence-electron chi connectivity index (χ2n) is 7.83. The number of carbonyl (C=O) groups is 4. The summed E-state index contributed by atoms with van der Waals surface area (Å²) in [6.45, 7) is 9.62. The molecule has 0 unspecified atom stereocenters. The Morgan fingerprint density at radius 1 is 0.903 bits per heavy atom. The van der Waals surface area contributed by atoms with Gasteiger partial charge in [-0.3, -0.25) is 14.5 Å². The maximum Gasteiger partial charge on any atom is 0.338 e. The molecule has 2 aromatic carbocycles. The fraction of sp³-hybridized carbons (Fsp3) is 0.333. The van der Waals surface area contributed by atoms with Crippen molar-refractivity contribution in [2.75, 3.05) is 13.2 Å². The molecule has 7 heteroatoms. The van der Waals surface area contributed by atoms with Crippen LogP contribution in [0.2, 0.25) is 0 Å². The number of amides is 3. The van der Waals surface area contributed by atoms with Gasteiger partial charge in [0.05, 0.1) is 18.7 Å². The summed E-state index contributed by atoms with van der Waals surface area (Å²) in [6, 6.07) is 5.98. The number of hydrogen-bond donors (Lipinski definition) is 1. The van der Waals surface area contributed by atoms with Gasteiger partial charge in [0.15, 0.2) is 6.61 Å². The molecule has 31 heavy (non-hydrogen) atoms. The Hall–Kier alpha value is -3.48. The van der Waals surface area contributed by atoms with Gasteiger partial charge in [0, 0.05) is 5.56 Å². The van der Waals surface area contributed by atoms with E-state index in [1.165, 1.54) is 0 Å². The van der Waals surface area contributed by atoms with Gasteiger partial charge in [-0.05, 0) is 80.1 Å². The molecule has 1 heterocycles. The van der Waals surface area contributed by atoms with E-state index in [2.05, 4.69) is 5.32 Å². The van der Waals surface area contributed by atoms with Gasteiger partial charge in [-0.25, -0.2) is 9.59 Å². The minimum Gasteiger partial charge on any atom is -0.454 e. The lowest BCUT2D eigenvalue weighted by Crippen LogP contribution is -2.30. The van der Waals surface area contributed by atoms with Gasteiger partial charge in [-0.1, -0.05) is 12.1 Å². The summed E-state index contributed by atoms with van der Waals surface area (Å²) >= 11 is 0. The summed E-state index contributed by atoms with van der Waals surface area (Å²) in [6.07, 6.45) is 0. The van der Waals surface area contributed by atoms with Crippen molar-refractivity contribution in [3.63, 3.8) is 0 Å². The monoisotopic (exact) mass is 422 g/mol. The number of imide groups is 1. The highest BCUT2D eigenvalue weighted by atomic mass is 16.5. The van der Waals surface area contributed by atoms with Gasteiger partial charge in [0.1, 0.15) is 0 Å². The third-order valence-electron chi connectivity index (χ3n) is 6.08. The number of hydrogen-bond acceptors (Lipinski definition) is 5. The Morgan fingerprint density at radius 2 is 1.45 bits per heavy atom. The summed E-state index contributed by atoms with van der Waals surface area (Å²) in [5.41, 5.74) is 6.72. The van der Waals surface area contributed by atoms with E-state index in [1.54, 1.807) is 24.3 Å². The van der Waals surface area contributed by atoms with E-state index in [9.17, 15) is 19.2 Å². The maximum absolute atomic E-state index is 12.8. The molecule has 7 nitrogen and oxygen atoms in total. The minimum atomic E-state index is -0.606. The number of ether oxygens (including phenoxy) is 1. The number of esters is 1. The number of carbonyl (C=O) groups excluding carboxylic acids is 4. The number of rotatable bonds is 6. The molecule has 1 saturated heterocycles. The first-order valence-electron chi connectivity index (χ1n) is 10.1. The van der Waals surface area contributed by atoms with Crippen LogP contribution in [0.15, 0.2) is 24.3 Å². The van der Waals surface area contributed by atoms with E-state index in [4.69, 9.17) is 4.74 Å². The quantitative estimate of drug-likeness (QED) is 0.438. The Balaban J connectivity index is 1.66. The molecule has 0 spiro atoms. The summed E-state index contributed by atoms with van der Waals surface area (Å²) in [5.74, 6) is -1.13. The average molecular weight is 422 g/mol. The van der Waals surface area contributed by atoms with Crippen molar-refractivity contribution in [2.24, 2.45) is 0 Å². The van der Waals surface area contributed by atoms with Crippen LogP contribution in [0, 0.1) is 34.6 Å². The Kier molecular flexibility index (Phi) is 6.24. The molecule has 0 radical (unpaired) electrons. The van der Waals surface area contributed by atoms with Crippen LogP contribution in [0.5, 0.6) is 0 Å². The maximum atomic E-state index is 12.8. The molecular formula is C24H26N2O5. The van der Waals surface area contributed by atoms with Crippen LogP contribution in [-0.4, -0.2) is 41.7 Å². The molecule has 162 valence electrons. The van der Waals surface area contributed by atoms with Crippen LogP contribution in [0.4, 0.5) is 4.79 Å². The van der Waals surface area contributed by atoms with E-state index in [-0.39, 0.29) is 31.4 Å². The zero-order valence-electron chi connectivity index (χ0n) is 18.4. The van der Waals surface area contributed by atoms with Crippen molar-refractivity contribution in [2.45, 2.75) is 41.2 Å². The number of nitrogens with one attached hydrogen (secondary N) is 1. The second-order valence-corrected chi connectivity index (χ2v) is 7.83. The van der Waals surface area contributed by atoms with E-state index in [1.807, 2.05) is 34.6 Å². The van der Waals surface area contributed by atoms with Gasteiger partial charge < -0.3 is 10.1 Å². The van der Waals surface area contributed by atoms with Crippen molar-refractivity contribution in [3.05, 3.63) is 68.8 Å². The van der Waals surface area contributed by atoms with Crippen LogP contribution in [0.1, 0.15) is 54.1 Å². The molecule has 3 rings (SSSR count). The van der Waals surface area contributed by atoms with Crippen LogP contribution >= 0.6 is 0 Å². The van der Waals surface area contributed by atoms with Gasteiger partial charge in [0.2, 0.25) is 11.7 Å².